The van der Waals surface area contributed by atoms with E-state index in [1.54, 1.807) is 29.2 Å². The highest BCUT2D eigenvalue weighted by Crippen LogP contribution is 2.22. The van der Waals surface area contributed by atoms with Crippen LogP contribution in [0.2, 0.25) is 0 Å². The summed E-state index contributed by atoms with van der Waals surface area (Å²) in [6.07, 6.45) is 0.529. The van der Waals surface area contributed by atoms with Gasteiger partial charge in [0.2, 0.25) is 0 Å². The fourth-order valence-corrected chi connectivity index (χ4v) is 3.79. The SMILES string of the molecule is O=C(NCCCN1C(=O)c2ccccc2C1=O)N1CCN(c2ccccc2)CC1. The van der Waals surface area contributed by atoms with Gasteiger partial charge in [0.05, 0.1) is 11.1 Å². The van der Waals surface area contributed by atoms with Gasteiger partial charge in [0, 0.05) is 45.0 Å². The number of urea groups is 1. The number of nitrogens with one attached hydrogen (secondary N) is 1. The minimum Gasteiger partial charge on any atom is -0.368 e. The zero-order valence-corrected chi connectivity index (χ0v) is 16.2. The van der Waals surface area contributed by atoms with Crippen LogP contribution < -0.4 is 10.2 Å². The fraction of sp³-hybridized carbons (Fsp3) is 0.318. The van der Waals surface area contributed by atoms with Crippen molar-refractivity contribution in [2.75, 3.05) is 44.2 Å². The number of piperazine rings is 1. The molecule has 2 aromatic rings. The van der Waals surface area contributed by atoms with Crippen molar-refractivity contribution in [3.63, 3.8) is 0 Å². The third-order valence-corrected chi connectivity index (χ3v) is 5.40. The summed E-state index contributed by atoms with van der Waals surface area (Å²) >= 11 is 0. The molecule has 4 amide bonds. The van der Waals surface area contributed by atoms with Crippen molar-refractivity contribution in [2.45, 2.75) is 6.42 Å². The average Bonchev–Trinajstić information content (AvgIpc) is 3.02. The van der Waals surface area contributed by atoms with E-state index in [4.69, 9.17) is 0 Å². The second-order valence-corrected chi connectivity index (χ2v) is 7.20. The molecule has 2 aromatic carbocycles. The molecule has 0 saturated carbocycles. The standard InChI is InChI=1S/C22H24N4O3/c27-20-18-9-4-5-10-19(18)21(28)26(20)12-6-11-23-22(29)25-15-13-24(14-16-25)17-7-2-1-3-8-17/h1-5,7-10H,6,11-16H2,(H,23,29). The van der Waals surface area contributed by atoms with Gasteiger partial charge in [-0.2, -0.15) is 0 Å². The van der Waals surface area contributed by atoms with Crippen LogP contribution in [0.15, 0.2) is 54.6 Å². The zero-order valence-electron chi connectivity index (χ0n) is 16.2. The fourth-order valence-electron chi connectivity index (χ4n) is 3.79. The monoisotopic (exact) mass is 392 g/mol. The van der Waals surface area contributed by atoms with Crippen molar-refractivity contribution in [3.05, 3.63) is 65.7 Å². The Morgan fingerprint density at radius 2 is 1.41 bits per heavy atom. The van der Waals surface area contributed by atoms with Crippen LogP contribution in [-0.2, 0) is 0 Å². The van der Waals surface area contributed by atoms with Gasteiger partial charge in [-0.1, -0.05) is 30.3 Å². The highest BCUT2D eigenvalue weighted by Gasteiger charge is 2.34. The number of hydrogen-bond acceptors (Lipinski definition) is 4. The molecule has 1 saturated heterocycles. The lowest BCUT2D eigenvalue weighted by molar-refractivity contribution is 0.0653. The molecule has 0 bridgehead atoms. The van der Waals surface area contributed by atoms with E-state index in [-0.39, 0.29) is 17.8 Å². The highest BCUT2D eigenvalue weighted by molar-refractivity contribution is 6.21. The summed E-state index contributed by atoms with van der Waals surface area (Å²) in [6.45, 7) is 3.65. The maximum Gasteiger partial charge on any atom is 0.317 e. The predicted molar refractivity (Wildman–Crippen MR) is 110 cm³/mol. The first-order valence-electron chi connectivity index (χ1n) is 9.93. The van der Waals surface area contributed by atoms with Gasteiger partial charge < -0.3 is 15.1 Å². The number of amides is 4. The summed E-state index contributed by atoms with van der Waals surface area (Å²) in [7, 11) is 0. The van der Waals surface area contributed by atoms with Gasteiger partial charge in [-0.25, -0.2) is 4.79 Å². The zero-order chi connectivity index (χ0) is 20.2. The Kier molecular flexibility index (Phi) is 5.46. The van der Waals surface area contributed by atoms with E-state index < -0.39 is 0 Å². The first-order chi connectivity index (χ1) is 14.1. The summed E-state index contributed by atoms with van der Waals surface area (Å²) < 4.78 is 0. The second-order valence-electron chi connectivity index (χ2n) is 7.20. The second kappa shape index (κ2) is 8.34. The van der Waals surface area contributed by atoms with E-state index in [1.165, 1.54) is 10.6 Å². The van der Waals surface area contributed by atoms with Crippen LogP contribution in [0.5, 0.6) is 0 Å². The summed E-state index contributed by atoms with van der Waals surface area (Å²) in [5, 5.41) is 2.90. The van der Waals surface area contributed by atoms with Crippen molar-refractivity contribution in [2.24, 2.45) is 0 Å². The Balaban J connectivity index is 1.20. The van der Waals surface area contributed by atoms with Crippen molar-refractivity contribution >= 4 is 23.5 Å². The summed E-state index contributed by atoms with van der Waals surface area (Å²) in [6, 6.07) is 16.9. The number of para-hydroxylation sites is 1. The van der Waals surface area contributed by atoms with Gasteiger partial charge in [0.15, 0.2) is 0 Å². The molecule has 7 nitrogen and oxygen atoms in total. The van der Waals surface area contributed by atoms with Crippen LogP contribution >= 0.6 is 0 Å². The molecule has 7 heteroatoms. The Bertz CT molecular complexity index is 872. The molecule has 150 valence electrons. The van der Waals surface area contributed by atoms with E-state index in [1.807, 2.05) is 18.2 Å². The minimum absolute atomic E-state index is 0.0972. The Hall–Kier alpha value is -3.35. The molecular weight excluding hydrogens is 368 g/mol. The smallest absolute Gasteiger partial charge is 0.317 e. The Morgan fingerprint density at radius 1 is 0.828 bits per heavy atom. The normalized spacial score (nSPS) is 16.2. The van der Waals surface area contributed by atoms with Crippen LogP contribution in [0.4, 0.5) is 10.5 Å². The molecule has 2 aliphatic heterocycles. The highest BCUT2D eigenvalue weighted by atomic mass is 16.2. The average molecular weight is 392 g/mol. The lowest BCUT2D eigenvalue weighted by Gasteiger charge is -2.36. The number of hydrogen-bond donors (Lipinski definition) is 1. The van der Waals surface area contributed by atoms with Crippen LogP contribution in [0, 0.1) is 0 Å². The molecule has 2 aliphatic rings. The number of rotatable bonds is 5. The molecule has 0 unspecified atom stereocenters. The number of benzene rings is 2. The molecule has 29 heavy (non-hydrogen) atoms. The van der Waals surface area contributed by atoms with Crippen LogP contribution in [0.25, 0.3) is 0 Å². The quantitative estimate of drug-likeness (QED) is 0.626. The first-order valence-corrected chi connectivity index (χ1v) is 9.93. The molecule has 0 radical (unpaired) electrons. The Morgan fingerprint density at radius 3 is 2.03 bits per heavy atom. The van der Waals surface area contributed by atoms with Crippen LogP contribution in [-0.4, -0.2) is 66.9 Å². The lowest BCUT2D eigenvalue weighted by Crippen LogP contribution is -2.52. The third-order valence-electron chi connectivity index (χ3n) is 5.40. The summed E-state index contributed by atoms with van der Waals surface area (Å²) in [5.41, 5.74) is 2.09. The van der Waals surface area contributed by atoms with E-state index in [0.29, 0.717) is 43.7 Å². The topological polar surface area (TPSA) is 73.0 Å². The van der Waals surface area contributed by atoms with Crippen molar-refractivity contribution in [1.29, 1.82) is 0 Å². The van der Waals surface area contributed by atoms with Crippen LogP contribution in [0.3, 0.4) is 0 Å². The molecule has 0 aromatic heterocycles. The molecule has 0 aliphatic carbocycles. The molecule has 2 heterocycles. The summed E-state index contributed by atoms with van der Waals surface area (Å²) in [4.78, 5) is 42.4. The van der Waals surface area contributed by atoms with Gasteiger partial charge in [-0.3, -0.25) is 14.5 Å². The molecule has 1 fully saturated rings. The summed E-state index contributed by atoms with van der Waals surface area (Å²) in [5.74, 6) is -0.511. The molecule has 0 atom stereocenters. The van der Waals surface area contributed by atoms with Crippen molar-refractivity contribution in [3.8, 4) is 0 Å². The third kappa shape index (κ3) is 3.94. The molecule has 0 spiro atoms. The van der Waals surface area contributed by atoms with Gasteiger partial charge >= 0.3 is 6.03 Å². The number of imide groups is 1. The lowest BCUT2D eigenvalue weighted by atomic mass is 10.1. The van der Waals surface area contributed by atoms with Crippen molar-refractivity contribution in [1.82, 2.24) is 15.1 Å². The number of carbonyl (C=O) groups is 3. The van der Waals surface area contributed by atoms with E-state index in [2.05, 4.69) is 22.3 Å². The van der Waals surface area contributed by atoms with Crippen LogP contribution in [0.1, 0.15) is 27.1 Å². The van der Waals surface area contributed by atoms with Gasteiger partial charge in [0.25, 0.3) is 11.8 Å². The molecular formula is C22H24N4O3. The maximum atomic E-state index is 12.4. The Labute approximate surface area is 169 Å². The molecule has 4 rings (SSSR count). The van der Waals surface area contributed by atoms with Gasteiger partial charge in [-0.05, 0) is 30.7 Å². The maximum absolute atomic E-state index is 12.4. The van der Waals surface area contributed by atoms with E-state index in [0.717, 1.165) is 13.1 Å². The first kappa shape index (κ1) is 19.0. The largest absolute Gasteiger partial charge is 0.368 e. The van der Waals surface area contributed by atoms with Crippen molar-refractivity contribution < 1.29 is 14.4 Å². The van der Waals surface area contributed by atoms with E-state index in [9.17, 15) is 14.4 Å². The number of nitrogens with zero attached hydrogens (tertiary/aromatic N) is 3. The predicted octanol–water partition coefficient (Wildman–Crippen LogP) is 2.20. The number of carbonyl (C=O) groups excluding carboxylic acids is 3. The number of fused-ring (bicyclic) bond motifs is 1. The minimum atomic E-state index is -0.256. The number of anilines is 1. The van der Waals surface area contributed by atoms with E-state index >= 15 is 0 Å². The van der Waals surface area contributed by atoms with Gasteiger partial charge in [-0.15, -0.1) is 0 Å². The molecule has 1 N–H and O–H groups in total. The van der Waals surface area contributed by atoms with Gasteiger partial charge in [0.1, 0.15) is 0 Å².